The molecule has 3 aliphatic carbocycles. The third-order valence-electron chi connectivity index (χ3n) is 5.66. The van der Waals surface area contributed by atoms with Crippen molar-refractivity contribution in [2.24, 2.45) is 23.7 Å². The number of alkyl halides is 2. The number of rotatable bonds is 0. The normalized spacial score (nSPS) is 52.1. The van der Waals surface area contributed by atoms with Crippen molar-refractivity contribution >= 4 is 41.7 Å². The van der Waals surface area contributed by atoms with Gasteiger partial charge in [0.05, 0.1) is 34.4 Å². The van der Waals surface area contributed by atoms with Gasteiger partial charge >= 0.3 is 0 Å². The first-order valence-corrected chi connectivity index (χ1v) is 10.8. The SMILES string of the molecule is O=S1(=O)CC2C3C[C@@H](Br)C4(OCCO4)[C@H](Br)CC2C3C1. The first-order chi connectivity index (χ1) is 9.43. The van der Waals surface area contributed by atoms with Crippen molar-refractivity contribution in [3.63, 3.8) is 0 Å². The van der Waals surface area contributed by atoms with Crippen LogP contribution in [0.5, 0.6) is 0 Å². The quantitative estimate of drug-likeness (QED) is 0.552. The maximum atomic E-state index is 11.9. The smallest absolute Gasteiger partial charge is 0.193 e. The monoisotopic (exact) mass is 428 g/mol. The standard InChI is InChI=1S/C13H18Br2O4S/c14-11-3-7-9-5-20(16,17)6-10(7)8(9)4-12(15)13(11)18-1-2-19-13/h7-12H,1-6H2/t7?,8?,9?,10?,11-,12-/m1/s1. The highest BCUT2D eigenvalue weighted by Gasteiger charge is 2.63. The van der Waals surface area contributed by atoms with Gasteiger partial charge in [-0.3, -0.25) is 0 Å². The van der Waals surface area contributed by atoms with Crippen molar-refractivity contribution in [1.29, 1.82) is 0 Å². The fourth-order valence-electron chi connectivity index (χ4n) is 4.78. The van der Waals surface area contributed by atoms with Gasteiger partial charge in [0.2, 0.25) is 0 Å². The summed E-state index contributed by atoms with van der Waals surface area (Å²) in [5.74, 6) is 1.91. The van der Waals surface area contributed by atoms with Crippen LogP contribution in [0.1, 0.15) is 12.8 Å². The molecule has 20 heavy (non-hydrogen) atoms. The average molecular weight is 430 g/mol. The summed E-state index contributed by atoms with van der Waals surface area (Å²) in [6.45, 7) is 1.28. The van der Waals surface area contributed by atoms with Crippen LogP contribution in [-0.2, 0) is 19.3 Å². The number of fused-ring (bicyclic) bond motifs is 4. The molecular weight excluding hydrogens is 412 g/mol. The molecule has 0 aromatic rings. The molecule has 6 rings (SSSR count). The zero-order valence-electron chi connectivity index (χ0n) is 11.0. The van der Waals surface area contributed by atoms with Crippen molar-refractivity contribution in [3.8, 4) is 0 Å². The van der Waals surface area contributed by atoms with Gasteiger partial charge in [-0.05, 0) is 36.5 Å². The second-order valence-electron chi connectivity index (χ2n) is 6.56. The van der Waals surface area contributed by atoms with E-state index in [1.165, 1.54) is 0 Å². The Morgan fingerprint density at radius 1 is 0.850 bits per heavy atom. The minimum atomic E-state index is -2.81. The summed E-state index contributed by atoms with van der Waals surface area (Å²) in [7, 11) is -2.81. The van der Waals surface area contributed by atoms with E-state index in [2.05, 4.69) is 31.9 Å². The molecule has 114 valence electrons. The lowest BCUT2D eigenvalue weighted by Crippen LogP contribution is -2.64. The van der Waals surface area contributed by atoms with Crippen LogP contribution in [0.2, 0.25) is 0 Å². The van der Waals surface area contributed by atoms with Gasteiger partial charge < -0.3 is 9.47 Å². The largest absolute Gasteiger partial charge is 0.345 e. The van der Waals surface area contributed by atoms with Gasteiger partial charge in [-0.25, -0.2) is 8.42 Å². The van der Waals surface area contributed by atoms with E-state index >= 15 is 0 Å². The Labute approximate surface area is 136 Å². The maximum absolute atomic E-state index is 11.9. The summed E-state index contributed by atoms with van der Waals surface area (Å²) in [5, 5.41) is 0. The molecule has 4 nitrogen and oxygen atoms in total. The second-order valence-corrected chi connectivity index (χ2v) is 10.9. The molecule has 4 bridgehead atoms. The topological polar surface area (TPSA) is 52.6 Å². The Morgan fingerprint density at radius 3 is 1.75 bits per heavy atom. The first-order valence-electron chi connectivity index (χ1n) is 7.19. The number of halogens is 2. The van der Waals surface area contributed by atoms with Crippen LogP contribution >= 0.6 is 31.9 Å². The molecular formula is C13H18Br2O4S. The molecule has 3 heterocycles. The molecule has 6 fully saturated rings. The van der Waals surface area contributed by atoms with E-state index in [-0.39, 0.29) is 9.65 Å². The van der Waals surface area contributed by atoms with Crippen molar-refractivity contribution < 1.29 is 17.9 Å². The molecule has 0 N–H and O–H groups in total. The molecule has 2 atom stereocenters. The third-order valence-corrected chi connectivity index (χ3v) is 9.47. The van der Waals surface area contributed by atoms with Gasteiger partial charge in [0.25, 0.3) is 0 Å². The van der Waals surface area contributed by atoms with Crippen LogP contribution in [0.15, 0.2) is 0 Å². The molecule has 3 saturated carbocycles. The summed E-state index contributed by atoms with van der Waals surface area (Å²) >= 11 is 7.54. The number of sulfone groups is 1. The van der Waals surface area contributed by atoms with Gasteiger partial charge in [-0.1, -0.05) is 31.9 Å². The zero-order valence-corrected chi connectivity index (χ0v) is 15.0. The molecule has 6 aliphatic rings. The molecule has 0 aromatic heterocycles. The lowest BCUT2D eigenvalue weighted by Gasteiger charge is -2.60. The highest BCUT2D eigenvalue weighted by atomic mass is 79.9. The van der Waals surface area contributed by atoms with Gasteiger partial charge in [0, 0.05) is 0 Å². The lowest BCUT2D eigenvalue weighted by atomic mass is 9.53. The van der Waals surface area contributed by atoms with Gasteiger partial charge in [-0.15, -0.1) is 0 Å². The Balaban J connectivity index is 1.62. The first kappa shape index (κ1) is 14.4. The van der Waals surface area contributed by atoms with Gasteiger partial charge in [0.15, 0.2) is 15.6 Å². The molecule has 3 saturated heterocycles. The molecule has 0 amide bonds. The van der Waals surface area contributed by atoms with Gasteiger partial charge in [-0.2, -0.15) is 0 Å². The highest BCUT2D eigenvalue weighted by Crippen LogP contribution is 2.60. The summed E-state index contributed by atoms with van der Waals surface area (Å²) in [5.41, 5.74) is 0. The lowest BCUT2D eigenvalue weighted by molar-refractivity contribution is -0.181. The van der Waals surface area contributed by atoms with E-state index in [0.29, 0.717) is 48.4 Å². The van der Waals surface area contributed by atoms with Crippen LogP contribution in [0.4, 0.5) is 0 Å². The molecule has 0 unspecified atom stereocenters. The van der Waals surface area contributed by atoms with Crippen molar-refractivity contribution in [3.05, 3.63) is 0 Å². The molecule has 0 aromatic carbocycles. The van der Waals surface area contributed by atoms with Crippen LogP contribution in [0.25, 0.3) is 0 Å². The fraction of sp³-hybridized carbons (Fsp3) is 1.00. The van der Waals surface area contributed by atoms with Crippen molar-refractivity contribution in [1.82, 2.24) is 0 Å². The number of hydrogen-bond acceptors (Lipinski definition) is 4. The Bertz CT molecular complexity index is 474. The van der Waals surface area contributed by atoms with E-state index < -0.39 is 15.6 Å². The predicted molar refractivity (Wildman–Crippen MR) is 81.9 cm³/mol. The van der Waals surface area contributed by atoms with Gasteiger partial charge in [0.1, 0.15) is 0 Å². The molecule has 1 spiro atoms. The highest BCUT2D eigenvalue weighted by molar-refractivity contribution is 9.10. The van der Waals surface area contributed by atoms with Crippen LogP contribution in [0, 0.1) is 23.7 Å². The Kier molecular flexibility index (Phi) is 3.36. The summed E-state index contributed by atoms with van der Waals surface area (Å²) in [4.78, 5) is 0.248. The number of hydrogen-bond donors (Lipinski definition) is 0. The molecule has 7 heteroatoms. The summed E-state index contributed by atoms with van der Waals surface area (Å²) < 4.78 is 35.6. The summed E-state index contributed by atoms with van der Waals surface area (Å²) in [6, 6.07) is 0. The van der Waals surface area contributed by atoms with E-state index in [1.54, 1.807) is 0 Å². The van der Waals surface area contributed by atoms with Crippen LogP contribution in [-0.4, -0.2) is 48.6 Å². The van der Waals surface area contributed by atoms with E-state index in [4.69, 9.17) is 9.47 Å². The van der Waals surface area contributed by atoms with Crippen molar-refractivity contribution in [2.45, 2.75) is 28.3 Å². The minimum Gasteiger partial charge on any atom is -0.345 e. The minimum absolute atomic E-state index is 0.124. The summed E-state index contributed by atoms with van der Waals surface area (Å²) in [6.07, 6.45) is 1.90. The van der Waals surface area contributed by atoms with E-state index in [1.807, 2.05) is 0 Å². The van der Waals surface area contributed by atoms with E-state index in [9.17, 15) is 8.42 Å². The fourth-order valence-corrected chi connectivity index (χ4v) is 9.46. The van der Waals surface area contributed by atoms with E-state index in [0.717, 1.165) is 12.8 Å². The molecule has 0 radical (unpaired) electrons. The van der Waals surface area contributed by atoms with Crippen LogP contribution in [0.3, 0.4) is 0 Å². The zero-order chi connectivity index (χ0) is 14.1. The average Bonchev–Trinajstić information content (AvgIpc) is 2.88. The van der Waals surface area contributed by atoms with Crippen molar-refractivity contribution in [2.75, 3.05) is 24.7 Å². The predicted octanol–water partition coefficient (Wildman–Crippen LogP) is 1.96. The Morgan fingerprint density at radius 2 is 1.30 bits per heavy atom. The Hall–Kier alpha value is 0.830. The maximum Gasteiger partial charge on any atom is 0.193 e. The third kappa shape index (κ3) is 1.92. The second kappa shape index (κ2) is 4.66. The van der Waals surface area contributed by atoms with Crippen LogP contribution < -0.4 is 0 Å². The molecule has 3 aliphatic heterocycles. The number of ether oxygens (including phenoxy) is 2.